The summed E-state index contributed by atoms with van der Waals surface area (Å²) in [6.45, 7) is 2.25. The molecule has 0 aliphatic heterocycles. The molecule has 1 heterocycles. The van der Waals surface area contributed by atoms with Crippen LogP contribution in [0.25, 0.3) is 0 Å². The molecule has 116 valence electrons. The van der Waals surface area contributed by atoms with Crippen LogP contribution in [-0.4, -0.2) is 15.6 Å². The topological polar surface area (TPSA) is 34.9 Å². The van der Waals surface area contributed by atoms with Crippen LogP contribution in [0.1, 0.15) is 76.4 Å². The molecule has 0 bridgehead atoms. The predicted octanol–water partition coefficient (Wildman–Crippen LogP) is 4.33. The maximum absolute atomic E-state index is 12.1. The number of ketones is 1. The van der Waals surface area contributed by atoms with Crippen molar-refractivity contribution in [3.63, 3.8) is 0 Å². The van der Waals surface area contributed by atoms with E-state index in [4.69, 9.17) is 5.10 Å². The lowest BCUT2D eigenvalue weighted by Crippen LogP contribution is -2.26. The van der Waals surface area contributed by atoms with E-state index >= 15 is 0 Å². The third-order valence-electron chi connectivity index (χ3n) is 5.52. The van der Waals surface area contributed by atoms with Gasteiger partial charge in [-0.3, -0.25) is 9.48 Å². The lowest BCUT2D eigenvalue weighted by Gasteiger charge is -2.27. The van der Waals surface area contributed by atoms with E-state index in [1.807, 2.05) is 0 Å². The third kappa shape index (κ3) is 3.56. The molecule has 0 aromatic carbocycles. The van der Waals surface area contributed by atoms with Crippen LogP contribution in [0.4, 0.5) is 0 Å². The van der Waals surface area contributed by atoms with Gasteiger partial charge in [-0.25, -0.2) is 0 Å². The molecule has 21 heavy (non-hydrogen) atoms. The van der Waals surface area contributed by atoms with Gasteiger partial charge in [0.2, 0.25) is 0 Å². The van der Waals surface area contributed by atoms with Crippen molar-refractivity contribution in [2.45, 2.75) is 77.2 Å². The first kappa shape index (κ1) is 14.8. The Kier molecular flexibility index (Phi) is 4.77. The molecule has 3 rings (SSSR count). The van der Waals surface area contributed by atoms with Gasteiger partial charge in [-0.05, 0) is 37.7 Å². The molecule has 2 fully saturated rings. The van der Waals surface area contributed by atoms with Crippen LogP contribution in [0, 0.1) is 11.8 Å². The molecular formula is C18H28N2O. The van der Waals surface area contributed by atoms with Gasteiger partial charge in [0.25, 0.3) is 0 Å². The van der Waals surface area contributed by atoms with E-state index in [1.54, 1.807) is 0 Å². The summed E-state index contributed by atoms with van der Waals surface area (Å²) < 4.78 is 2.17. The minimum absolute atomic E-state index is 0.221. The second-order valence-corrected chi connectivity index (χ2v) is 6.99. The number of Topliss-reactive ketones (excluding diaryl/α,β-unsaturated/α-hetero) is 1. The van der Waals surface area contributed by atoms with E-state index in [0.29, 0.717) is 11.8 Å². The summed E-state index contributed by atoms with van der Waals surface area (Å²) in [4.78, 5) is 12.1. The van der Waals surface area contributed by atoms with Crippen LogP contribution in [0.2, 0.25) is 0 Å². The Labute approximate surface area is 128 Å². The second-order valence-electron chi connectivity index (χ2n) is 6.99. The summed E-state index contributed by atoms with van der Waals surface area (Å²) in [7, 11) is 0. The second kappa shape index (κ2) is 6.76. The highest BCUT2D eigenvalue weighted by molar-refractivity contribution is 5.81. The quantitative estimate of drug-likeness (QED) is 0.826. The molecule has 0 radical (unpaired) electrons. The van der Waals surface area contributed by atoms with Gasteiger partial charge in [0.05, 0.1) is 11.7 Å². The van der Waals surface area contributed by atoms with Crippen LogP contribution < -0.4 is 0 Å². The highest BCUT2D eigenvalue weighted by atomic mass is 16.1. The van der Waals surface area contributed by atoms with Gasteiger partial charge in [0, 0.05) is 25.0 Å². The Bertz CT molecular complexity index is 473. The first-order valence-corrected chi connectivity index (χ1v) is 8.83. The van der Waals surface area contributed by atoms with Crippen LogP contribution in [0.3, 0.4) is 0 Å². The molecule has 1 aromatic heterocycles. The fourth-order valence-corrected chi connectivity index (χ4v) is 4.06. The molecule has 0 amide bonds. The van der Waals surface area contributed by atoms with Gasteiger partial charge in [-0.2, -0.15) is 5.10 Å². The van der Waals surface area contributed by atoms with Gasteiger partial charge in [-0.15, -0.1) is 0 Å². The summed E-state index contributed by atoms with van der Waals surface area (Å²) >= 11 is 0. The maximum atomic E-state index is 12.1. The normalized spacial score (nSPS) is 28.0. The van der Waals surface area contributed by atoms with Crippen LogP contribution >= 0.6 is 0 Å². The zero-order chi connectivity index (χ0) is 14.7. The molecule has 2 aliphatic rings. The molecule has 0 spiro atoms. The van der Waals surface area contributed by atoms with E-state index in [9.17, 15) is 4.79 Å². The Balaban J connectivity index is 1.62. The Morgan fingerprint density at radius 1 is 1.24 bits per heavy atom. The monoisotopic (exact) mass is 288 g/mol. The van der Waals surface area contributed by atoms with Gasteiger partial charge >= 0.3 is 0 Å². The number of aromatic nitrogens is 2. The fourth-order valence-electron chi connectivity index (χ4n) is 4.06. The molecule has 0 saturated heterocycles. The van der Waals surface area contributed by atoms with E-state index in [1.165, 1.54) is 38.5 Å². The van der Waals surface area contributed by atoms with Crippen molar-refractivity contribution in [2.24, 2.45) is 11.8 Å². The zero-order valence-electron chi connectivity index (χ0n) is 13.3. The summed E-state index contributed by atoms with van der Waals surface area (Å²) in [5, 5.41) is 4.78. The third-order valence-corrected chi connectivity index (χ3v) is 5.52. The van der Waals surface area contributed by atoms with Crippen molar-refractivity contribution in [2.75, 3.05) is 0 Å². The molecule has 2 saturated carbocycles. The smallest absolute Gasteiger partial charge is 0.136 e. The molecule has 1 aromatic rings. The van der Waals surface area contributed by atoms with Crippen molar-refractivity contribution in [1.29, 1.82) is 0 Å². The summed E-state index contributed by atoms with van der Waals surface area (Å²) in [6, 6.07) is 2.73. The van der Waals surface area contributed by atoms with Gasteiger partial charge in [0.15, 0.2) is 0 Å². The highest BCUT2D eigenvalue weighted by Gasteiger charge is 2.28. The SMILES string of the molecule is CCC1CCC(=O)C(Cc2ccn(C3CCCCC3)n2)C1. The lowest BCUT2D eigenvalue weighted by molar-refractivity contribution is -0.125. The molecule has 2 aliphatic carbocycles. The number of hydrogen-bond donors (Lipinski definition) is 0. The molecular weight excluding hydrogens is 260 g/mol. The molecule has 3 heteroatoms. The lowest BCUT2D eigenvalue weighted by atomic mass is 9.77. The molecule has 3 nitrogen and oxygen atoms in total. The van der Waals surface area contributed by atoms with Gasteiger partial charge < -0.3 is 0 Å². The first-order valence-electron chi connectivity index (χ1n) is 8.83. The van der Waals surface area contributed by atoms with E-state index < -0.39 is 0 Å². The summed E-state index contributed by atoms with van der Waals surface area (Å²) in [6.07, 6.45) is 13.7. The molecule has 0 N–H and O–H groups in total. The van der Waals surface area contributed by atoms with Crippen LogP contribution in [0.5, 0.6) is 0 Å². The van der Waals surface area contributed by atoms with Crippen molar-refractivity contribution in [3.8, 4) is 0 Å². The minimum Gasteiger partial charge on any atom is -0.299 e. The Hall–Kier alpha value is -1.12. The van der Waals surface area contributed by atoms with E-state index in [2.05, 4.69) is 23.9 Å². The zero-order valence-corrected chi connectivity index (χ0v) is 13.3. The number of rotatable bonds is 4. The van der Waals surface area contributed by atoms with Crippen LogP contribution in [0.15, 0.2) is 12.3 Å². The van der Waals surface area contributed by atoms with Gasteiger partial charge in [0.1, 0.15) is 5.78 Å². The van der Waals surface area contributed by atoms with E-state index in [0.717, 1.165) is 37.3 Å². The molecule has 2 atom stereocenters. The standard InChI is InChI=1S/C18H28N2O/c1-2-14-8-9-18(21)15(12-14)13-16-10-11-20(19-16)17-6-4-3-5-7-17/h10-11,14-15,17H,2-9,12-13H2,1H3. The first-order chi connectivity index (χ1) is 10.3. The van der Waals surface area contributed by atoms with Crippen molar-refractivity contribution >= 4 is 5.78 Å². The molecule has 2 unspecified atom stereocenters. The van der Waals surface area contributed by atoms with Crippen molar-refractivity contribution < 1.29 is 4.79 Å². The predicted molar refractivity (Wildman–Crippen MR) is 84.2 cm³/mol. The number of nitrogens with zero attached hydrogens (tertiary/aromatic N) is 2. The highest BCUT2D eigenvalue weighted by Crippen LogP contribution is 2.31. The number of carbonyl (C=O) groups is 1. The Morgan fingerprint density at radius 2 is 2.05 bits per heavy atom. The fraction of sp³-hybridized carbons (Fsp3) is 0.778. The summed E-state index contributed by atoms with van der Waals surface area (Å²) in [5.74, 6) is 1.43. The number of hydrogen-bond acceptors (Lipinski definition) is 2. The average molecular weight is 288 g/mol. The van der Waals surface area contributed by atoms with Crippen molar-refractivity contribution in [3.05, 3.63) is 18.0 Å². The maximum Gasteiger partial charge on any atom is 0.136 e. The van der Waals surface area contributed by atoms with E-state index in [-0.39, 0.29) is 5.92 Å². The minimum atomic E-state index is 0.221. The Morgan fingerprint density at radius 3 is 2.81 bits per heavy atom. The van der Waals surface area contributed by atoms with Gasteiger partial charge in [-0.1, -0.05) is 32.6 Å². The average Bonchev–Trinajstić information content (AvgIpc) is 2.99. The number of carbonyl (C=O) groups excluding carboxylic acids is 1. The largest absolute Gasteiger partial charge is 0.299 e. The summed E-state index contributed by atoms with van der Waals surface area (Å²) in [5.41, 5.74) is 1.12. The van der Waals surface area contributed by atoms with Crippen LogP contribution in [-0.2, 0) is 11.2 Å². The van der Waals surface area contributed by atoms with Crippen molar-refractivity contribution in [1.82, 2.24) is 9.78 Å².